The van der Waals surface area contributed by atoms with Gasteiger partial charge in [0.05, 0.1) is 30.0 Å². The van der Waals surface area contributed by atoms with Crippen LogP contribution in [-0.2, 0) is 25.7 Å². The van der Waals surface area contributed by atoms with Gasteiger partial charge in [0.15, 0.2) is 0 Å². The van der Waals surface area contributed by atoms with Crippen LogP contribution < -0.4 is 0 Å². The predicted molar refractivity (Wildman–Crippen MR) is 472 cm³/mol. The number of unbranched alkanes of at least 4 members (excludes halogenated alkanes) is 68. The van der Waals surface area contributed by atoms with Gasteiger partial charge in [0.2, 0.25) is 0 Å². The van der Waals surface area contributed by atoms with Gasteiger partial charge in [0.25, 0.3) is 0 Å². The fourth-order valence-electron chi connectivity index (χ4n) is 16.2. The molecule has 0 aliphatic rings. The van der Waals surface area contributed by atoms with Crippen LogP contribution in [0.3, 0.4) is 0 Å². The Bertz CT molecular complexity index is 2290. The monoisotopic (exact) mass is 1570 g/mol. The molecule has 0 spiro atoms. The molecule has 0 aliphatic carbocycles. The number of aryl methyl sites for hydroxylation is 4. The van der Waals surface area contributed by atoms with Crippen LogP contribution in [0.5, 0.6) is 0 Å². The molecule has 102 heavy (non-hydrogen) atoms. The Hall–Kier alpha value is -1.08. The molecule has 2 nitrogen and oxygen atoms in total. The lowest BCUT2D eigenvalue weighted by Gasteiger charge is -2.15. The highest BCUT2D eigenvalue weighted by Gasteiger charge is 2.21. The molecule has 0 unspecified atom stereocenters. The van der Waals surface area contributed by atoms with Crippen molar-refractivity contribution in [3.63, 3.8) is 0 Å². The summed E-state index contributed by atoms with van der Waals surface area (Å²) in [6, 6.07) is 9.93. The van der Waals surface area contributed by atoms with Crippen LogP contribution in [0.15, 0.2) is 31.8 Å². The minimum absolute atomic E-state index is 1.05. The number of hydrogen-bond acceptors (Lipinski definition) is 4. The smallest absolute Gasteiger partial charge is 0.0983 e. The number of rotatable bonds is 78. The van der Waals surface area contributed by atoms with E-state index in [9.17, 15) is 0 Å². The topological polar surface area (TPSA) is 25.8 Å². The minimum Gasteiger partial charge on any atom is -0.249 e. The molecule has 0 bridgehead atoms. The molecule has 3 aromatic heterocycles. The van der Waals surface area contributed by atoms with Crippen molar-refractivity contribution in [2.45, 2.75) is 516 Å². The fourth-order valence-corrected chi connectivity index (χ4v) is 19.8. The second-order valence-electron chi connectivity index (χ2n) is 32.8. The maximum absolute atomic E-state index is 5.92. The summed E-state index contributed by atoms with van der Waals surface area (Å²) in [6.45, 7) is 9.29. The third-order valence-electron chi connectivity index (χ3n) is 23.2. The lowest BCUT2D eigenvalue weighted by Crippen LogP contribution is -2.05. The summed E-state index contributed by atoms with van der Waals surface area (Å²) < 4.78 is 2.62. The number of hydrogen-bond donors (Lipinski definition) is 0. The van der Waals surface area contributed by atoms with Crippen molar-refractivity contribution in [2.24, 2.45) is 0 Å². The van der Waals surface area contributed by atoms with Crippen LogP contribution in [0.1, 0.15) is 513 Å². The van der Waals surface area contributed by atoms with Crippen LogP contribution in [0.25, 0.3) is 31.9 Å². The second kappa shape index (κ2) is 69.1. The molecule has 1 aromatic carbocycles. The van der Waals surface area contributed by atoms with Crippen molar-refractivity contribution in [3.05, 3.63) is 54.4 Å². The number of aromatic nitrogens is 2. The van der Waals surface area contributed by atoms with Crippen molar-refractivity contribution in [3.8, 4) is 20.9 Å². The molecule has 0 saturated carbocycles. The molecule has 4 aromatic rings. The Labute approximate surface area is 661 Å². The van der Waals surface area contributed by atoms with Crippen LogP contribution in [-0.4, -0.2) is 9.97 Å². The van der Waals surface area contributed by atoms with E-state index >= 15 is 0 Å². The average molecular weight is 1570 g/mol. The van der Waals surface area contributed by atoms with E-state index in [1.807, 2.05) is 22.7 Å². The highest BCUT2D eigenvalue weighted by Crippen LogP contribution is 2.44. The van der Waals surface area contributed by atoms with E-state index in [2.05, 4.69) is 83.8 Å². The number of thiophene rings is 2. The van der Waals surface area contributed by atoms with Gasteiger partial charge in [0, 0.05) is 20.9 Å². The van der Waals surface area contributed by atoms with Gasteiger partial charge in [-0.05, 0) is 106 Å². The molecule has 0 atom stereocenters. The van der Waals surface area contributed by atoms with E-state index < -0.39 is 0 Å². The van der Waals surface area contributed by atoms with E-state index in [4.69, 9.17) is 9.97 Å². The molecule has 3 heterocycles. The van der Waals surface area contributed by atoms with Crippen LogP contribution >= 0.6 is 54.5 Å². The summed E-state index contributed by atoms with van der Waals surface area (Å²) in [7, 11) is 0. The van der Waals surface area contributed by atoms with E-state index in [0.717, 1.165) is 36.7 Å². The standard InChI is InChI=1S/C96H168Br2N2S2/c1-5-9-13-17-21-25-29-33-37-41-45-49-53-57-61-65-69-73-77-85-83-91(101-95(85)97)87-81-82-88(92-84-86(96(98)102-92)78-74-70-66-62-58-54-50-46-42-38-34-30-26-22-18-14-10-6-2)94-93(87)99-89(79-75-71-67-63-59-55-51-47-43-39-35-31-27-23-19-15-11-7-3)90(100-94)80-76-72-68-64-60-56-52-48-44-40-36-32-28-24-20-16-12-8-4/h81-84H,5-80H2,1-4H3. The molecule has 0 N–H and O–H groups in total. The van der Waals surface area contributed by atoms with E-state index in [-0.39, 0.29) is 0 Å². The fraction of sp³-hybridized carbons (Fsp3) is 0.833. The van der Waals surface area contributed by atoms with E-state index in [1.165, 1.54) is 513 Å². The molecular weight excluding hydrogens is 1410 g/mol. The summed E-state index contributed by atoms with van der Waals surface area (Å²) in [5, 5.41) is 0. The maximum Gasteiger partial charge on any atom is 0.0983 e. The van der Waals surface area contributed by atoms with Crippen LogP contribution in [0, 0.1) is 0 Å². The summed E-state index contributed by atoms with van der Waals surface area (Å²) >= 11 is 12.1. The van der Waals surface area contributed by atoms with Gasteiger partial charge in [0.1, 0.15) is 0 Å². The molecule has 0 fully saturated rings. The molecule has 6 heteroatoms. The van der Waals surface area contributed by atoms with Crippen molar-refractivity contribution in [2.75, 3.05) is 0 Å². The van der Waals surface area contributed by atoms with Gasteiger partial charge in [-0.2, -0.15) is 0 Å². The molecule has 0 aliphatic heterocycles. The van der Waals surface area contributed by atoms with Gasteiger partial charge in [-0.25, -0.2) is 9.97 Å². The second-order valence-corrected chi connectivity index (χ2v) is 37.6. The Balaban J connectivity index is 1.38. The van der Waals surface area contributed by atoms with Crippen molar-refractivity contribution in [1.82, 2.24) is 9.97 Å². The Kier molecular flexibility index (Phi) is 63.2. The van der Waals surface area contributed by atoms with Crippen molar-refractivity contribution < 1.29 is 0 Å². The third-order valence-corrected chi connectivity index (χ3v) is 27.1. The zero-order valence-corrected chi connectivity index (χ0v) is 73.3. The summed E-state index contributed by atoms with van der Waals surface area (Å²) in [4.78, 5) is 14.5. The Morgan fingerprint density at radius 1 is 0.216 bits per heavy atom. The first-order valence-electron chi connectivity index (χ1n) is 46.4. The third kappa shape index (κ3) is 48.4. The lowest BCUT2D eigenvalue weighted by molar-refractivity contribution is 0.524. The Morgan fingerprint density at radius 2 is 0.373 bits per heavy atom. The predicted octanol–water partition coefficient (Wildman–Crippen LogP) is 36.9. The van der Waals surface area contributed by atoms with Gasteiger partial charge < -0.3 is 0 Å². The summed E-state index contributed by atoms with van der Waals surface area (Å²) in [6.07, 6.45) is 106. The van der Waals surface area contributed by atoms with E-state index in [0.29, 0.717) is 0 Å². The normalized spacial score (nSPS) is 11.9. The maximum atomic E-state index is 5.92. The zero-order chi connectivity index (χ0) is 72.3. The van der Waals surface area contributed by atoms with Crippen molar-refractivity contribution in [1.29, 1.82) is 0 Å². The highest BCUT2D eigenvalue weighted by atomic mass is 79.9. The number of benzene rings is 1. The number of halogens is 2. The summed E-state index contributed by atoms with van der Waals surface area (Å²) in [5.41, 5.74) is 10.4. The molecule has 0 amide bonds. The first-order chi connectivity index (χ1) is 50.5. The molecular formula is C96H168Br2N2S2. The van der Waals surface area contributed by atoms with Gasteiger partial charge in [-0.15, -0.1) is 22.7 Å². The quantitative estimate of drug-likeness (QED) is 0.0412. The molecule has 588 valence electrons. The molecule has 0 saturated heterocycles. The largest absolute Gasteiger partial charge is 0.249 e. The first kappa shape index (κ1) is 93.3. The highest BCUT2D eigenvalue weighted by molar-refractivity contribution is 9.11. The minimum atomic E-state index is 1.05. The lowest BCUT2D eigenvalue weighted by atomic mass is 9.99. The SMILES string of the molecule is CCCCCCCCCCCCCCCCCCCCc1cc(-c2ccc(-c3cc(CCCCCCCCCCCCCCCCCCCC)c(Br)s3)c3nc(CCCCCCCCCCCCCCCCCCCC)c(CCCCCCCCCCCCCCCCCCCC)nc23)sc1Br. The molecule has 0 radical (unpaired) electrons. The molecule has 4 rings (SSSR count). The Morgan fingerprint density at radius 3 is 0.549 bits per heavy atom. The summed E-state index contributed by atoms with van der Waals surface area (Å²) in [5.74, 6) is 0. The van der Waals surface area contributed by atoms with Crippen LogP contribution in [0.4, 0.5) is 0 Å². The number of fused-ring (bicyclic) bond motifs is 1. The average Bonchev–Trinajstić information content (AvgIpc) is 1.40. The van der Waals surface area contributed by atoms with Gasteiger partial charge in [-0.1, -0.05) is 476 Å². The van der Waals surface area contributed by atoms with Gasteiger partial charge in [-0.3, -0.25) is 0 Å². The first-order valence-corrected chi connectivity index (χ1v) is 49.6. The van der Waals surface area contributed by atoms with E-state index in [1.54, 1.807) is 0 Å². The van der Waals surface area contributed by atoms with Gasteiger partial charge >= 0.3 is 0 Å². The van der Waals surface area contributed by atoms with Crippen molar-refractivity contribution >= 4 is 65.6 Å². The van der Waals surface area contributed by atoms with Crippen LogP contribution in [0.2, 0.25) is 0 Å². The zero-order valence-electron chi connectivity index (χ0n) is 68.5. The number of nitrogens with zero attached hydrogens (tertiary/aromatic N) is 2.